The second-order valence-electron chi connectivity index (χ2n) is 19.6. The van der Waals surface area contributed by atoms with Gasteiger partial charge in [-0.05, 0) is 138 Å². The van der Waals surface area contributed by atoms with Crippen LogP contribution in [0.15, 0.2) is 9.98 Å². The number of aliphatic carboxylic acids is 1. The number of amides is 5. The number of alkyl carbamates (subject to hydrolysis) is 2. The molecule has 0 aromatic rings. The first-order valence-corrected chi connectivity index (χ1v) is 23.9. The Labute approximate surface area is 399 Å². The molecule has 20 heteroatoms. The number of nitrogens with zero attached hydrogens (tertiary/aromatic N) is 4. The van der Waals surface area contributed by atoms with Crippen molar-refractivity contribution in [1.82, 2.24) is 25.8 Å². The number of hydrogen-bond donors (Lipinski definition) is 7. The molecule has 2 aliphatic carbocycles. The van der Waals surface area contributed by atoms with Gasteiger partial charge in [0.15, 0.2) is 0 Å². The van der Waals surface area contributed by atoms with Crippen LogP contribution in [0.1, 0.15) is 158 Å². The number of hydrogen-bond acceptors (Lipinski definition) is 11. The van der Waals surface area contributed by atoms with E-state index in [0.717, 1.165) is 103 Å². The molecule has 2 aliphatic heterocycles. The lowest BCUT2D eigenvalue weighted by Gasteiger charge is -2.43. The number of rotatable bonds is 17. The zero-order valence-electron chi connectivity index (χ0n) is 41.2. The third kappa shape index (κ3) is 22.9. The first kappa shape index (κ1) is 59.6. The fraction of sp³-hybridized carbons (Fsp3) is 0.826. The summed E-state index contributed by atoms with van der Waals surface area (Å²) >= 11 is 0. The van der Waals surface area contributed by atoms with Crippen LogP contribution in [0.4, 0.5) is 9.59 Å². The van der Waals surface area contributed by atoms with Gasteiger partial charge in [-0.2, -0.15) is 0 Å². The highest BCUT2D eigenvalue weighted by Gasteiger charge is 2.45. The maximum atomic E-state index is 13.4. The van der Waals surface area contributed by atoms with Gasteiger partial charge in [0, 0.05) is 32.7 Å². The van der Waals surface area contributed by atoms with E-state index in [4.69, 9.17) is 26.7 Å². The maximum Gasteiger partial charge on any atom is 0.408 e. The van der Waals surface area contributed by atoms with Gasteiger partial charge in [-0.15, -0.1) is 12.4 Å². The number of amidine groups is 2. The highest BCUT2D eigenvalue weighted by molar-refractivity contribution is 5.93. The zero-order chi connectivity index (χ0) is 48.7. The van der Waals surface area contributed by atoms with Crippen LogP contribution in [0.25, 0.3) is 0 Å². The molecule has 2 heterocycles. The number of nitrogens with two attached hydrogens (primary N) is 3. The second kappa shape index (κ2) is 30.1. The van der Waals surface area contributed by atoms with Gasteiger partial charge in [0.2, 0.25) is 17.7 Å². The van der Waals surface area contributed by atoms with Crippen molar-refractivity contribution in [2.24, 2.45) is 39.0 Å². The lowest BCUT2D eigenvalue weighted by molar-refractivity contribution is -0.159. The number of nitrogens with one attached hydrogen (secondary N) is 3. The van der Waals surface area contributed by atoms with Crippen LogP contribution in [-0.2, 0) is 28.7 Å². The monoisotopic (exact) mass is 957 g/mol. The number of carbonyl (C=O) groups excluding carboxylic acids is 5. The fourth-order valence-electron chi connectivity index (χ4n) is 8.09. The number of halogens is 1. The number of aliphatic imine (C=N–C) groups is 2. The van der Waals surface area contributed by atoms with E-state index in [1.165, 1.54) is 4.90 Å². The Hall–Kier alpha value is -4.39. The standard InChI is InChI=1S/C23H41N5O4.C17H28N2O5.C6H15N3.ClH/c1-16(24)25-13-8-9-14-26-20(29)18-12-15-28(18)21(30)19(17-10-6-5-7-11-17)27-22(31)32-23(2,3)4;1-17(2,3)24-16(23)18-13(11-7-5-4-6-8-11)14(20)19-10-9-12(19)15(21)22;1-6(8)9-5-3-2-4-7;/h17-19H,5-15H2,1-4H3,(H2,24,25)(H,26,29)(H,27,31);11-13H,4-10H2,1-3H3,(H,18,23)(H,21,22);2-5,7H2,1H3,(H2,8,9);1H/t18-,19+;12-,13+;;/m00../s1. The molecule has 5 amide bonds. The van der Waals surface area contributed by atoms with Crippen LogP contribution in [0.5, 0.6) is 0 Å². The molecule has 4 atom stereocenters. The Morgan fingerprint density at radius 1 is 0.636 bits per heavy atom. The van der Waals surface area contributed by atoms with Crippen molar-refractivity contribution in [3.8, 4) is 0 Å². The molecular formula is C46H85ClN10O9. The summed E-state index contributed by atoms with van der Waals surface area (Å²) in [6, 6.07) is -2.61. The fourth-order valence-corrected chi connectivity index (χ4v) is 8.09. The van der Waals surface area contributed by atoms with E-state index < -0.39 is 53.5 Å². The van der Waals surface area contributed by atoms with Crippen molar-refractivity contribution in [2.45, 2.75) is 193 Å². The largest absolute Gasteiger partial charge is 0.480 e. The number of likely N-dealkylation sites (tertiary alicyclic amines) is 2. The summed E-state index contributed by atoms with van der Waals surface area (Å²) in [5.41, 5.74) is 14.8. The van der Waals surface area contributed by atoms with E-state index in [9.17, 15) is 33.9 Å². The smallest absolute Gasteiger partial charge is 0.408 e. The quantitative estimate of drug-likeness (QED) is 0.0576. The van der Waals surface area contributed by atoms with Crippen LogP contribution in [-0.4, -0.2) is 137 Å². The molecule has 380 valence electrons. The average molecular weight is 958 g/mol. The summed E-state index contributed by atoms with van der Waals surface area (Å²) < 4.78 is 10.7. The summed E-state index contributed by atoms with van der Waals surface area (Å²) in [5, 5.41) is 17.6. The molecule has 0 unspecified atom stereocenters. The maximum absolute atomic E-state index is 13.4. The predicted octanol–water partition coefficient (Wildman–Crippen LogP) is 5.00. The van der Waals surface area contributed by atoms with Gasteiger partial charge in [-0.1, -0.05) is 38.5 Å². The number of carboxylic acid groups (broad SMARTS) is 1. The molecule has 4 rings (SSSR count). The lowest BCUT2D eigenvalue weighted by Crippen LogP contribution is -2.64. The van der Waals surface area contributed by atoms with Gasteiger partial charge < -0.3 is 57.5 Å². The molecule has 0 aromatic carbocycles. The van der Waals surface area contributed by atoms with Gasteiger partial charge >= 0.3 is 18.2 Å². The molecule has 19 nitrogen and oxygen atoms in total. The lowest BCUT2D eigenvalue weighted by atomic mass is 9.82. The minimum absolute atomic E-state index is 0. The molecular weight excluding hydrogens is 872 g/mol. The van der Waals surface area contributed by atoms with Gasteiger partial charge in [-0.3, -0.25) is 24.4 Å². The summed E-state index contributed by atoms with van der Waals surface area (Å²) in [4.78, 5) is 85.7. The molecule has 0 aromatic heterocycles. The molecule has 0 radical (unpaired) electrons. The number of carbonyl (C=O) groups is 6. The molecule has 4 aliphatic rings. The minimum atomic E-state index is -0.991. The predicted molar refractivity (Wildman–Crippen MR) is 259 cm³/mol. The molecule has 10 N–H and O–H groups in total. The number of ether oxygens (including phenoxy) is 2. The van der Waals surface area contributed by atoms with Crippen molar-refractivity contribution in [2.75, 3.05) is 39.3 Å². The van der Waals surface area contributed by atoms with E-state index in [0.29, 0.717) is 50.7 Å². The van der Waals surface area contributed by atoms with Crippen molar-refractivity contribution in [3.05, 3.63) is 0 Å². The van der Waals surface area contributed by atoms with Gasteiger partial charge in [0.1, 0.15) is 35.4 Å². The third-order valence-corrected chi connectivity index (χ3v) is 11.5. The second-order valence-corrected chi connectivity index (χ2v) is 19.6. The number of unbranched alkanes of at least 4 members (excludes halogenated alkanes) is 2. The molecule has 0 bridgehead atoms. The molecule has 4 fully saturated rings. The van der Waals surface area contributed by atoms with Crippen LogP contribution in [0.2, 0.25) is 0 Å². The van der Waals surface area contributed by atoms with Crippen molar-refractivity contribution in [3.63, 3.8) is 0 Å². The van der Waals surface area contributed by atoms with Crippen molar-refractivity contribution < 1.29 is 43.3 Å². The SMILES string of the molecule is CC(C)(C)OC(=O)N[C@@H](C(=O)N1CC[C@H]1C(=O)O)C1CCCCC1.CC(N)=NCCCCN.CC(N)=NCCCCNC(=O)[C@@H]1CCN1C(=O)[C@H](NC(=O)OC(C)(C)C)C1CCCCC1.Cl. The Bertz CT molecular complexity index is 1580. The summed E-state index contributed by atoms with van der Waals surface area (Å²) in [5.74, 6) is -0.281. The molecule has 2 saturated heterocycles. The molecule has 66 heavy (non-hydrogen) atoms. The van der Waals surface area contributed by atoms with Crippen molar-refractivity contribution >= 4 is 60.0 Å². The normalized spacial score (nSPS) is 20.1. The van der Waals surface area contributed by atoms with Gasteiger partial charge in [-0.25, -0.2) is 14.4 Å². The van der Waals surface area contributed by atoms with Crippen LogP contribution in [0, 0.1) is 11.8 Å². The highest BCUT2D eigenvalue weighted by Crippen LogP contribution is 2.31. The van der Waals surface area contributed by atoms with Crippen LogP contribution >= 0.6 is 12.4 Å². The van der Waals surface area contributed by atoms with E-state index in [2.05, 4.69) is 25.9 Å². The van der Waals surface area contributed by atoms with Crippen molar-refractivity contribution in [1.29, 1.82) is 0 Å². The molecule has 2 saturated carbocycles. The Morgan fingerprint density at radius 2 is 1.03 bits per heavy atom. The van der Waals surface area contributed by atoms with Crippen LogP contribution < -0.4 is 33.2 Å². The van der Waals surface area contributed by atoms with Crippen LogP contribution in [0.3, 0.4) is 0 Å². The molecule has 0 spiro atoms. The Kier molecular flexibility index (Phi) is 27.2. The van der Waals surface area contributed by atoms with E-state index >= 15 is 0 Å². The van der Waals surface area contributed by atoms with E-state index in [-0.39, 0.29) is 42.0 Å². The minimum Gasteiger partial charge on any atom is -0.480 e. The Morgan fingerprint density at radius 3 is 1.36 bits per heavy atom. The van der Waals surface area contributed by atoms with Gasteiger partial charge in [0.05, 0.1) is 11.7 Å². The van der Waals surface area contributed by atoms with E-state index in [1.807, 2.05) is 0 Å². The average Bonchev–Trinajstić information content (AvgIpc) is 3.17. The summed E-state index contributed by atoms with van der Waals surface area (Å²) in [7, 11) is 0. The topological polar surface area (TPSA) is 286 Å². The summed E-state index contributed by atoms with van der Waals surface area (Å²) in [6.07, 6.45) is 13.5. The first-order chi connectivity index (χ1) is 30.5. The first-order valence-electron chi connectivity index (χ1n) is 23.9. The highest BCUT2D eigenvalue weighted by atomic mass is 35.5. The number of carboxylic acids is 1. The zero-order valence-corrected chi connectivity index (χ0v) is 42.0. The van der Waals surface area contributed by atoms with E-state index in [1.54, 1.807) is 60.3 Å². The summed E-state index contributed by atoms with van der Waals surface area (Å²) in [6.45, 7) is 17.9. The Balaban J connectivity index is 0.000000563. The van der Waals surface area contributed by atoms with Gasteiger partial charge in [0.25, 0.3) is 0 Å². The third-order valence-electron chi connectivity index (χ3n) is 11.5.